The van der Waals surface area contributed by atoms with Crippen LogP contribution in [-0.2, 0) is 14.8 Å². The Hall–Kier alpha value is -1.32. The summed E-state index contributed by atoms with van der Waals surface area (Å²) < 4.78 is 254. The molecule has 216 valence electrons. The monoisotopic (exact) mass is 597 g/mol. The summed E-state index contributed by atoms with van der Waals surface area (Å²) in [6, 6.07) is 0. The second kappa shape index (κ2) is 8.60. The Labute approximate surface area is 189 Å². The molecule has 0 aliphatic carbocycles. The van der Waals surface area contributed by atoms with Gasteiger partial charge in [0.2, 0.25) is 0 Å². The molecule has 0 aromatic rings. The zero-order valence-corrected chi connectivity index (χ0v) is 17.9. The van der Waals surface area contributed by atoms with Gasteiger partial charge < -0.3 is 4.74 Å². The fraction of sp³-hybridized carbons (Fsp3) is 1.00. The summed E-state index contributed by atoms with van der Waals surface area (Å²) in [6.07, 6.45) is -11.9. The smallest absolute Gasteiger partial charge is 0.352 e. The molecule has 1 aliphatic heterocycles. The van der Waals surface area contributed by atoms with Crippen LogP contribution in [0, 0.1) is 0 Å². The highest BCUT2D eigenvalue weighted by molar-refractivity contribution is 7.90. The van der Waals surface area contributed by atoms with E-state index < -0.39 is 86.6 Å². The van der Waals surface area contributed by atoms with Crippen LogP contribution in [0.1, 0.15) is 20.3 Å². The van der Waals surface area contributed by atoms with Crippen molar-refractivity contribution in [2.24, 2.45) is 0 Å². The zero-order valence-electron chi connectivity index (χ0n) is 17.1. The maximum absolute atomic E-state index is 14.2. The van der Waals surface area contributed by atoms with Crippen molar-refractivity contribution in [1.29, 1.82) is 0 Å². The van der Waals surface area contributed by atoms with Crippen LogP contribution in [0.15, 0.2) is 0 Å². The lowest BCUT2D eigenvalue weighted by Crippen LogP contribution is -2.75. The van der Waals surface area contributed by atoms with E-state index in [1.165, 1.54) is 0 Å². The van der Waals surface area contributed by atoms with Crippen molar-refractivity contribution in [1.82, 2.24) is 4.31 Å². The van der Waals surface area contributed by atoms with Gasteiger partial charge in [-0.2, -0.15) is 78.9 Å². The van der Waals surface area contributed by atoms with Gasteiger partial charge in [0.05, 0.1) is 6.10 Å². The number of hydrogen-bond donors (Lipinski definition) is 0. The van der Waals surface area contributed by atoms with E-state index in [4.69, 9.17) is 0 Å². The van der Waals surface area contributed by atoms with Gasteiger partial charge in [-0.3, -0.25) is 0 Å². The van der Waals surface area contributed by atoms with Crippen LogP contribution in [0.3, 0.4) is 0 Å². The minimum atomic E-state index is -8.85. The zero-order chi connectivity index (χ0) is 29.4. The quantitative estimate of drug-likeness (QED) is 0.226. The van der Waals surface area contributed by atoms with E-state index >= 15 is 0 Å². The van der Waals surface area contributed by atoms with Gasteiger partial charge >= 0.3 is 47.0 Å². The highest BCUT2D eigenvalue weighted by Gasteiger charge is 2.96. The largest absolute Gasteiger partial charge is 0.460 e. The van der Waals surface area contributed by atoms with Crippen molar-refractivity contribution in [3.63, 3.8) is 0 Å². The molecule has 0 bridgehead atoms. The summed E-state index contributed by atoms with van der Waals surface area (Å²) in [4.78, 5) is 0. The Morgan fingerprint density at radius 2 is 0.944 bits per heavy atom. The number of alkyl halides is 17. The first-order chi connectivity index (χ1) is 15.5. The summed E-state index contributed by atoms with van der Waals surface area (Å²) in [5, 5.41) is -7.56. The molecule has 1 heterocycles. The summed E-state index contributed by atoms with van der Waals surface area (Å²) >= 11 is 0. The fourth-order valence-electron chi connectivity index (χ4n) is 2.54. The lowest BCUT2D eigenvalue weighted by atomic mass is 9.91. The first kappa shape index (κ1) is 32.7. The molecule has 0 aromatic carbocycles. The molecule has 0 radical (unpaired) electrons. The molecule has 2 unspecified atom stereocenters. The number of rotatable bonds is 11. The van der Waals surface area contributed by atoms with Crippen LogP contribution >= 0.6 is 0 Å². The van der Waals surface area contributed by atoms with E-state index in [-0.39, 0.29) is 0 Å². The Morgan fingerprint density at radius 1 is 0.639 bits per heavy atom. The number of hydrogen-bond acceptors (Lipinski definition) is 3. The van der Waals surface area contributed by atoms with Crippen LogP contribution in [0.4, 0.5) is 74.6 Å². The van der Waals surface area contributed by atoms with Crippen LogP contribution in [0.25, 0.3) is 0 Å². The second-order valence-corrected chi connectivity index (χ2v) is 9.24. The Balaban J connectivity index is 3.73. The van der Waals surface area contributed by atoms with Crippen molar-refractivity contribution in [2.75, 3.05) is 6.54 Å². The third kappa shape index (κ3) is 4.08. The molecule has 0 N–H and O–H groups in total. The minimum Gasteiger partial charge on any atom is -0.352 e. The number of nitrogens with zero attached hydrogens (tertiary/aromatic N) is 1. The van der Waals surface area contributed by atoms with Crippen LogP contribution in [0.2, 0.25) is 0 Å². The van der Waals surface area contributed by atoms with Gasteiger partial charge in [-0.25, -0.2) is 8.42 Å². The predicted octanol–water partition coefficient (Wildman–Crippen LogP) is 5.74. The van der Waals surface area contributed by atoms with Gasteiger partial charge in [-0.1, -0.05) is 6.92 Å². The van der Waals surface area contributed by atoms with Gasteiger partial charge in [0.25, 0.3) is 10.0 Å². The number of ether oxygens (including phenoxy) is 1. The Kier molecular flexibility index (Phi) is 7.81. The van der Waals surface area contributed by atoms with Crippen LogP contribution < -0.4 is 0 Å². The predicted molar refractivity (Wildman–Crippen MR) is 80.9 cm³/mol. The first-order valence-corrected chi connectivity index (χ1v) is 10.3. The molecule has 22 heteroatoms. The summed E-state index contributed by atoms with van der Waals surface area (Å²) in [5.41, 5.74) is 0. The van der Waals surface area contributed by atoms with E-state index in [0.29, 0.717) is 0 Å². The van der Waals surface area contributed by atoms with Gasteiger partial charge in [-0.15, -0.1) is 0 Å². The molecule has 0 amide bonds. The van der Waals surface area contributed by atoms with Crippen LogP contribution in [0.5, 0.6) is 0 Å². The lowest BCUT2D eigenvalue weighted by Gasteiger charge is -2.43. The van der Waals surface area contributed by atoms with Crippen molar-refractivity contribution in [2.45, 2.75) is 79.6 Å². The molecule has 1 saturated heterocycles. The highest BCUT2D eigenvalue weighted by Crippen LogP contribution is 2.64. The lowest BCUT2D eigenvalue weighted by molar-refractivity contribution is -0.458. The van der Waals surface area contributed by atoms with Crippen molar-refractivity contribution in [3.05, 3.63) is 0 Å². The van der Waals surface area contributed by atoms with E-state index in [1.807, 2.05) is 0 Å². The Morgan fingerprint density at radius 3 is 1.22 bits per heavy atom. The number of sulfonamides is 1. The molecule has 36 heavy (non-hydrogen) atoms. The number of halogens is 17. The normalized spacial score (nSPS) is 21.8. The second-order valence-electron chi connectivity index (χ2n) is 7.31. The summed E-state index contributed by atoms with van der Waals surface area (Å²) in [6.45, 7) is 0.639. The van der Waals surface area contributed by atoms with Crippen LogP contribution in [-0.4, -0.2) is 78.6 Å². The molecule has 2 atom stereocenters. The third-order valence-electron chi connectivity index (χ3n) is 4.73. The van der Waals surface area contributed by atoms with Crippen molar-refractivity contribution in [3.8, 4) is 0 Å². The van der Waals surface area contributed by atoms with E-state index in [9.17, 15) is 83.1 Å². The Bertz CT molecular complexity index is 929. The van der Waals surface area contributed by atoms with Gasteiger partial charge in [-0.05, 0) is 13.3 Å². The molecule has 1 aliphatic rings. The summed E-state index contributed by atoms with van der Waals surface area (Å²) in [7, 11) is -7.32. The maximum atomic E-state index is 14.2. The third-order valence-corrected chi connectivity index (χ3v) is 6.64. The van der Waals surface area contributed by atoms with E-state index in [2.05, 4.69) is 4.74 Å². The van der Waals surface area contributed by atoms with Gasteiger partial charge in [0.1, 0.15) is 6.23 Å². The van der Waals surface area contributed by atoms with Crippen molar-refractivity contribution < 1.29 is 87.8 Å². The van der Waals surface area contributed by atoms with Gasteiger partial charge in [0.15, 0.2) is 0 Å². The average molecular weight is 597 g/mol. The molecule has 0 aromatic heterocycles. The average Bonchev–Trinajstić information content (AvgIpc) is 3.39. The first-order valence-electron chi connectivity index (χ1n) is 8.85. The molecule has 0 saturated carbocycles. The van der Waals surface area contributed by atoms with Crippen molar-refractivity contribution >= 4 is 10.0 Å². The van der Waals surface area contributed by atoms with E-state index in [0.717, 1.165) is 13.8 Å². The SMILES string of the molecule is CCCN(C1OC1C)S(=O)(=O)C(F)(F)C(F)(F)C(F)(F)C(F)(F)C(F)(F)C(F)(F)C(F)(F)C(F)(F)F. The number of epoxide rings is 1. The van der Waals surface area contributed by atoms with Gasteiger partial charge in [0, 0.05) is 6.54 Å². The molecule has 4 nitrogen and oxygen atoms in total. The minimum absolute atomic E-state index is 0.559. The topological polar surface area (TPSA) is 49.9 Å². The molecule has 1 fully saturated rings. The highest BCUT2D eigenvalue weighted by atomic mass is 32.2. The maximum Gasteiger partial charge on any atom is 0.460 e. The molecule has 0 spiro atoms. The fourth-order valence-corrected chi connectivity index (χ4v) is 4.20. The molecule has 1 rings (SSSR count). The standard InChI is InChI=1S/C14H12F17NO3S/c1-3-4-32(6-5(2)35-6)36(33,34)14(30,31)12(25,26)10(21,22)8(17,18)7(15,16)9(19,20)11(23,24)13(27,28)29/h5-6H,3-4H2,1-2H3. The summed E-state index contributed by atoms with van der Waals surface area (Å²) in [5.74, 6) is -51.6. The molecular formula is C14H12F17NO3S. The van der Waals surface area contributed by atoms with E-state index in [1.54, 1.807) is 0 Å². The molecular weight excluding hydrogens is 585 g/mol.